The topological polar surface area (TPSA) is 55.7 Å². The van der Waals surface area contributed by atoms with Crippen molar-refractivity contribution in [3.63, 3.8) is 0 Å². The number of hydrogen-bond acceptors (Lipinski definition) is 4. The molecule has 1 rings (SSSR count). The minimum absolute atomic E-state index is 0.0509. The van der Waals surface area contributed by atoms with E-state index in [1.165, 1.54) is 13.3 Å². The van der Waals surface area contributed by atoms with E-state index in [2.05, 4.69) is 9.73 Å². The minimum atomic E-state index is -3.20. The van der Waals surface area contributed by atoms with Crippen molar-refractivity contribution in [1.29, 1.82) is 0 Å². The van der Waals surface area contributed by atoms with Crippen molar-refractivity contribution in [2.45, 2.75) is 0 Å². The van der Waals surface area contributed by atoms with Crippen molar-refractivity contribution in [1.82, 2.24) is 0 Å². The van der Waals surface area contributed by atoms with Gasteiger partial charge in [-0.1, -0.05) is 0 Å². The molecule has 4 nitrogen and oxygen atoms in total. The van der Waals surface area contributed by atoms with Gasteiger partial charge in [0.15, 0.2) is 5.04 Å². The molecule has 0 radical (unpaired) electrons. The van der Waals surface area contributed by atoms with Crippen molar-refractivity contribution >= 4 is 14.9 Å². The van der Waals surface area contributed by atoms with E-state index in [0.717, 1.165) is 5.41 Å². The lowest BCUT2D eigenvalue weighted by atomic mass is 10.8. The third-order valence-corrected chi connectivity index (χ3v) is 2.41. The third kappa shape index (κ3) is 1.25. The first-order chi connectivity index (χ1) is 4.67. The van der Waals surface area contributed by atoms with Crippen molar-refractivity contribution in [2.24, 2.45) is 4.99 Å². The van der Waals surface area contributed by atoms with Gasteiger partial charge in [-0.15, -0.1) is 0 Å². The fourth-order valence-electron chi connectivity index (χ4n) is 0.589. The van der Waals surface area contributed by atoms with Crippen LogP contribution in [0.25, 0.3) is 0 Å². The molecular weight excluding hydrogens is 154 g/mol. The lowest BCUT2D eigenvalue weighted by Gasteiger charge is -1.95. The van der Waals surface area contributed by atoms with Crippen molar-refractivity contribution in [3.8, 4) is 0 Å². The molecule has 0 aromatic heterocycles. The molecule has 0 aromatic carbocycles. The summed E-state index contributed by atoms with van der Waals surface area (Å²) >= 11 is 0. The van der Waals surface area contributed by atoms with E-state index in [9.17, 15) is 8.42 Å². The zero-order valence-corrected chi connectivity index (χ0v) is 6.26. The van der Waals surface area contributed by atoms with E-state index >= 15 is 0 Å². The smallest absolute Gasteiger partial charge is 0.216 e. The lowest BCUT2D eigenvalue weighted by Crippen LogP contribution is -2.14. The van der Waals surface area contributed by atoms with Crippen LogP contribution in [0.3, 0.4) is 0 Å². The zero-order valence-electron chi connectivity index (χ0n) is 5.44. The van der Waals surface area contributed by atoms with Crippen LogP contribution in [0, 0.1) is 0 Å². The molecule has 1 aliphatic rings. The van der Waals surface area contributed by atoms with E-state index in [0.29, 0.717) is 0 Å². The summed E-state index contributed by atoms with van der Waals surface area (Å²) in [6, 6.07) is 0. The first-order valence-electron chi connectivity index (χ1n) is 2.64. The summed E-state index contributed by atoms with van der Waals surface area (Å²) in [4.78, 5) is 3.60. The van der Waals surface area contributed by atoms with Gasteiger partial charge in [-0.2, -0.15) is 0 Å². The highest BCUT2D eigenvalue weighted by Crippen LogP contribution is 2.05. The zero-order chi connectivity index (χ0) is 7.61. The van der Waals surface area contributed by atoms with Crippen LogP contribution in [0.5, 0.6) is 0 Å². The molecule has 0 unspecified atom stereocenters. The molecule has 0 atom stereocenters. The van der Waals surface area contributed by atoms with Gasteiger partial charge in [0.1, 0.15) is 0 Å². The van der Waals surface area contributed by atoms with Gasteiger partial charge in [-0.05, 0) is 0 Å². The molecule has 5 heteroatoms. The maximum Gasteiger partial charge on any atom is 0.216 e. The first-order valence-corrected chi connectivity index (χ1v) is 4.19. The second-order valence-corrected chi connectivity index (χ2v) is 3.62. The highest BCUT2D eigenvalue weighted by Gasteiger charge is 2.18. The minimum Gasteiger partial charge on any atom is -0.378 e. The molecular formula is C5H7NO3S. The predicted molar refractivity (Wildman–Crippen MR) is 37.4 cm³/mol. The van der Waals surface area contributed by atoms with E-state index < -0.39 is 9.84 Å². The van der Waals surface area contributed by atoms with Crippen LogP contribution in [0.15, 0.2) is 16.6 Å². The maximum atomic E-state index is 10.9. The Hall–Kier alpha value is -0.680. The molecule has 0 bridgehead atoms. The Labute approximate surface area is 59.1 Å². The van der Waals surface area contributed by atoms with Crippen LogP contribution >= 0.6 is 0 Å². The molecule has 0 fully saturated rings. The Bertz CT molecular complexity index is 275. The molecule has 0 aliphatic carbocycles. The summed E-state index contributed by atoms with van der Waals surface area (Å²) in [5.74, 6) is 0. The number of ether oxygens (including phenoxy) is 1. The molecule has 1 heterocycles. The molecule has 0 spiro atoms. The predicted octanol–water partition coefficient (Wildman–Crippen LogP) is -0.0691. The van der Waals surface area contributed by atoms with Gasteiger partial charge in [0.25, 0.3) is 0 Å². The fourth-order valence-corrected chi connectivity index (χ4v) is 1.46. The monoisotopic (exact) mass is 161 g/mol. The van der Waals surface area contributed by atoms with Crippen molar-refractivity contribution in [2.75, 3.05) is 13.7 Å². The van der Waals surface area contributed by atoms with Gasteiger partial charge in [0, 0.05) is 13.3 Å². The number of aliphatic imine (C=N–C) groups is 1. The highest BCUT2D eigenvalue weighted by molar-refractivity contribution is 8.09. The summed E-state index contributed by atoms with van der Waals surface area (Å²) < 4.78 is 26.3. The van der Waals surface area contributed by atoms with Crippen LogP contribution < -0.4 is 0 Å². The molecule has 56 valence electrons. The fraction of sp³-hybridized carbons (Fsp3) is 0.400. The summed E-state index contributed by atoms with van der Waals surface area (Å²) in [6.07, 6.45) is 1.25. The van der Waals surface area contributed by atoms with Gasteiger partial charge in [0.2, 0.25) is 9.84 Å². The Morgan fingerprint density at radius 1 is 1.70 bits per heavy atom. The van der Waals surface area contributed by atoms with Crippen molar-refractivity contribution < 1.29 is 13.2 Å². The highest BCUT2D eigenvalue weighted by atomic mass is 32.2. The Morgan fingerprint density at radius 3 is 2.80 bits per heavy atom. The molecule has 0 aromatic rings. The van der Waals surface area contributed by atoms with Crippen LogP contribution in [0.1, 0.15) is 0 Å². The molecule has 0 saturated carbocycles. The van der Waals surface area contributed by atoms with Crippen LogP contribution in [0.2, 0.25) is 0 Å². The number of rotatable bonds is 2. The lowest BCUT2D eigenvalue weighted by molar-refractivity contribution is 0.247. The van der Waals surface area contributed by atoms with Crippen molar-refractivity contribution in [3.05, 3.63) is 11.6 Å². The Balaban J connectivity index is 2.84. The van der Waals surface area contributed by atoms with E-state index in [4.69, 9.17) is 0 Å². The summed E-state index contributed by atoms with van der Waals surface area (Å²) in [5, 5.41) is 1.14. The molecule has 0 N–H and O–H groups in total. The van der Waals surface area contributed by atoms with Gasteiger partial charge in [-0.25, -0.2) is 13.4 Å². The normalized spacial score (nSPS) is 21.1. The standard InChI is InChI=1S/C5H7NO3S/c1-9-4-5-6-2-3-10(5,7)8/h2-3H,4H2,1H3. The van der Waals surface area contributed by atoms with Gasteiger partial charge in [0.05, 0.1) is 12.0 Å². The summed E-state index contributed by atoms with van der Waals surface area (Å²) in [7, 11) is -1.78. The van der Waals surface area contributed by atoms with Crippen LogP contribution in [0.4, 0.5) is 0 Å². The van der Waals surface area contributed by atoms with Gasteiger partial charge in [-0.3, -0.25) is 0 Å². The molecule has 0 amide bonds. The van der Waals surface area contributed by atoms with E-state index in [1.807, 2.05) is 0 Å². The first kappa shape index (κ1) is 7.43. The average Bonchev–Trinajstić information content (AvgIpc) is 2.13. The summed E-state index contributed by atoms with van der Waals surface area (Å²) in [6.45, 7) is 0.0509. The SMILES string of the molecule is COCC1=NC=CS1(=O)=O. The molecule has 10 heavy (non-hydrogen) atoms. The second-order valence-electron chi connectivity index (χ2n) is 1.79. The third-order valence-electron chi connectivity index (χ3n) is 1.05. The number of sulfone groups is 1. The van der Waals surface area contributed by atoms with Gasteiger partial charge >= 0.3 is 0 Å². The quantitative estimate of drug-likeness (QED) is 0.569. The number of nitrogens with zero attached hydrogens (tertiary/aromatic N) is 1. The van der Waals surface area contributed by atoms with E-state index in [-0.39, 0.29) is 11.7 Å². The summed E-state index contributed by atoms with van der Waals surface area (Å²) in [5.41, 5.74) is 0. The maximum absolute atomic E-state index is 10.9. The van der Waals surface area contributed by atoms with Crippen LogP contribution in [-0.4, -0.2) is 27.2 Å². The molecule has 0 saturated heterocycles. The Kier molecular flexibility index (Phi) is 1.87. The largest absolute Gasteiger partial charge is 0.378 e. The number of hydrogen-bond donors (Lipinski definition) is 0. The van der Waals surface area contributed by atoms with Crippen LogP contribution in [-0.2, 0) is 14.6 Å². The average molecular weight is 161 g/mol. The molecule has 1 aliphatic heterocycles. The van der Waals surface area contributed by atoms with Gasteiger partial charge < -0.3 is 4.74 Å². The Morgan fingerprint density at radius 2 is 2.40 bits per heavy atom. The number of methoxy groups -OCH3 is 1. The second kappa shape index (κ2) is 2.51. The van der Waals surface area contributed by atoms with E-state index in [1.54, 1.807) is 0 Å².